The number of anilines is 1. The molecule has 3 aromatic carbocycles. The minimum atomic E-state index is -0.985. The van der Waals surface area contributed by atoms with Gasteiger partial charge in [0.2, 0.25) is 0 Å². The van der Waals surface area contributed by atoms with Crippen LogP contribution in [0.1, 0.15) is 17.3 Å². The number of carbonyl (C=O) groups excluding carboxylic acids is 2. The highest BCUT2D eigenvalue weighted by atomic mass is 16.5. The van der Waals surface area contributed by atoms with E-state index in [4.69, 9.17) is 9.47 Å². The highest BCUT2D eigenvalue weighted by molar-refractivity contribution is 5.97. The summed E-state index contributed by atoms with van der Waals surface area (Å²) in [5, 5.41) is 11.9. The molecule has 0 spiro atoms. The van der Waals surface area contributed by atoms with Crippen LogP contribution in [0.4, 0.5) is 5.69 Å². The van der Waals surface area contributed by atoms with Gasteiger partial charge >= 0.3 is 5.97 Å². The Morgan fingerprint density at radius 1 is 0.857 bits per heavy atom. The normalized spacial score (nSPS) is 11.3. The van der Waals surface area contributed by atoms with Gasteiger partial charge in [-0.2, -0.15) is 0 Å². The van der Waals surface area contributed by atoms with Gasteiger partial charge in [-0.05, 0) is 67.6 Å². The lowest BCUT2D eigenvalue weighted by Crippen LogP contribution is -2.29. The molecule has 0 fully saturated rings. The molecule has 0 radical (unpaired) electrons. The van der Waals surface area contributed by atoms with Crippen molar-refractivity contribution in [2.24, 2.45) is 0 Å². The molecule has 3 aromatic rings. The Hall–Kier alpha value is -3.80. The van der Waals surface area contributed by atoms with Crippen molar-refractivity contribution in [1.82, 2.24) is 0 Å². The van der Waals surface area contributed by atoms with Gasteiger partial charge in [-0.15, -0.1) is 0 Å². The molecule has 1 atom stereocenters. The van der Waals surface area contributed by atoms with Crippen LogP contribution in [-0.2, 0) is 9.53 Å². The van der Waals surface area contributed by atoms with Crippen LogP contribution in [0.25, 0.3) is 0 Å². The van der Waals surface area contributed by atoms with Gasteiger partial charge < -0.3 is 19.9 Å². The Balaban J connectivity index is 1.54. The van der Waals surface area contributed by atoms with Gasteiger partial charge in [0.1, 0.15) is 17.2 Å². The van der Waals surface area contributed by atoms with E-state index < -0.39 is 18.0 Å². The number of benzene rings is 3. The number of phenols is 1. The predicted octanol–water partition coefficient (Wildman–Crippen LogP) is 4.37. The van der Waals surface area contributed by atoms with Crippen LogP contribution in [0.3, 0.4) is 0 Å². The molecule has 6 heteroatoms. The van der Waals surface area contributed by atoms with Gasteiger partial charge in [0.15, 0.2) is 6.10 Å². The number of carbonyl (C=O) groups is 2. The molecule has 3 rings (SSSR count). The Labute approximate surface area is 162 Å². The maximum absolute atomic E-state index is 12.2. The third-order valence-corrected chi connectivity index (χ3v) is 3.86. The third kappa shape index (κ3) is 5.11. The van der Waals surface area contributed by atoms with E-state index >= 15 is 0 Å². The molecule has 0 aliphatic rings. The van der Waals surface area contributed by atoms with E-state index in [0.717, 1.165) is 0 Å². The molecule has 0 saturated carbocycles. The molecule has 0 unspecified atom stereocenters. The standard InChI is InChI=1S/C22H19NO5/c1-15(27-22(26)16-7-11-18(24)12-8-16)21(25)23-17-9-13-20(14-10-17)28-19-5-3-2-4-6-19/h2-15,24H,1H3,(H,23,25)/t15-/m1/s1. The van der Waals surface area contributed by atoms with E-state index in [0.29, 0.717) is 17.2 Å². The number of phenolic OH excluding ortho intramolecular Hbond substituents is 1. The van der Waals surface area contributed by atoms with Gasteiger partial charge in [0.25, 0.3) is 5.91 Å². The Bertz CT molecular complexity index is 937. The predicted molar refractivity (Wildman–Crippen MR) is 105 cm³/mol. The van der Waals surface area contributed by atoms with Crippen molar-refractivity contribution in [2.75, 3.05) is 5.32 Å². The van der Waals surface area contributed by atoms with E-state index in [9.17, 15) is 14.7 Å². The minimum Gasteiger partial charge on any atom is -0.508 e. The van der Waals surface area contributed by atoms with Gasteiger partial charge in [0, 0.05) is 5.69 Å². The van der Waals surface area contributed by atoms with Crippen LogP contribution in [0.2, 0.25) is 0 Å². The van der Waals surface area contributed by atoms with E-state index in [1.54, 1.807) is 24.3 Å². The summed E-state index contributed by atoms with van der Waals surface area (Å²) in [5.41, 5.74) is 0.804. The largest absolute Gasteiger partial charge is 0.508 e. The number of esters is 1. The number of hydrogen-bond donors (Lipinski definition) is 2. The summed E-state index contributed by atoms with van der Waals surface area (Å²) in [6, 6.07) is 21.8. The average Bonchev–Trinajstić information content (AvgIpc) is 2.70. The molecule has 2 N–H and O–H groups in total. The van der Waals surface area contributed by atoms with Crippen LogP contribution in [-0.4, -0.2) is 23.1 Å². The van der Waals surface area contributed by atoms with Crippen LogP contribution in [0.5, 0.6) is 17.2 Å². The summed E-state index contributed by atoms with van der Waals surface area (Å²) >= 11 is 0. The zero-order chi connectivity index (χ0) is 19.9. The number of ether oxygens (including phenoxy) is 2. The first kappa shape index (κ1) is 19.0. The van der Waals surface area contributed by atoms with Gasteiger partial charge in [0.05, 0.1) is 5.56 Å². The number of rotatable bonds is 6. The van der Waals surface area contributed by atoms with Crippen molar-refractivity contribution in [3.8, 4) is 17.2 Å². The van der Waals surface area contributed by atoms with Crippen molar-refractivity contribution < 1.29 is 24.2 Å². The van der Waals surface area contributed by atoms with Crippen LogP contribution in [0, 0.1) is 0 Å². The molecular formula is C22H19NO5. The molecule has 142 valence electrons. The molecule has 0 bridgehead atoms. The summed E-state index contributed by atoms with van der Waals surface area (Å²) in [4.78, 5) is 24.3. The van der Waals surface area contributed by atoms with Crippen LogP contribution >= 0.6 is 0 Å². The van der Waals surface area contributed by atoms with E-state index in [2.05, 4.69) is 5.32 Å². The first-order chi connectivity index (χ1) is 13.5. The molecular weight excluding hydrogens is 358 g/mol. The van der Waals surface area contributed by atoms with Crippen LogP contribution in [0.15, 0.2) is 78.9 Å². The summed E-state index contributed by atoms with van der Waals surface area (Å²) in [5.74, 6) is 0.296. The highest BCUT2D eigenvalue weighted by Gasteiger charge is 2.19. The molecule has 28 heavy (non-hydrogen) atoms. The van der Waals surface area contributed by atoms with Crippen molar-refractivity contribution in [3.05, 3.63) is 84.4 Å². The summed E-state index contributed by atoms with van der Waals surface area (Å²) in [6.45, 7) is 1.49. The Morgan fingerprint density at radius 3 is 2.11 bits per heavy atom. The second-order valence-electron chi connectivity index (χ2n) is 6.02. The second-order valence-corrected chi connectivity index (χ2v) is 6.02. The quantitative estimate of drug-likeness (QED) is 0.623. The van der Waals surface area contributed by atoms with Crippen molar-refractivity contribution in [1.29, 1.82) is 0 Å². The summed E-state index contributed by atoms with van der Waals surface area (Å²) < 4.78 is 10.9. The van der Waals surface area contributed by atoms with E-state index in [1.165, 1.54) is 31.2 Å². The summed E-state index contributed by atoms with van der Waals surface area (Å²) in [6.07, 6.45) is -0.985. The summed E-state index contributed by atoms with van der Waals surface area (Å²) in [7, 11) is 0. The maximum atomic E-state index is 12.2. The third-order valence-electron chi connectivity index (χ3n) is 3.86. The highest BCUT2D eigenvalue weighted by Crippen LogP contribution is 2.22. The second kappa shape index (κ2) is 8.73. The molecule has 1 amide bonds. The molecule has 6 nitrogen and oxygen atoms in total. The van der Waals surface area contributed by atoms with Crippen molar-refractivity contribution in [2.45, 2.75) is 13.0 Å². The number of amides is 1. The fraction of sp³-hybridized carbons (Fsp3) is 0.0909. The smallest absolute Gasteiger partial charge is 0.338 e. The zero-order valence-corrected chi connectivity index (χ0v) is 15.2. The Morgan fingerprint density at radius 2 is 1.46 bits per heavy atom. The van der Waals surface area contributed by atoms with Gasteiger partial charge in [-0.1, -0.05) is 18.2 Å². The number of nitrogens with one attached hydrogen (secondary N) is 1. The van der Waals surface area contributed by atoms with Gasteiger partial charge in [-0.3, -0.25) is 4.79 Å². The minimum absolute atomic E-state index is 0.0435. The van der Waals surface area contributed by atoms with E-state index in [-0.39, 0.29) is 11.3 Å². The SMILES string of the molecule is C[C@@H](OC(=O)c1ccc(O)cc1)C(=O)Nc1ccc(Oc2ccccc2)cc1. The number of aromatic hydroxyl groups is 1. The van der Waals surface area contributed by atoms with Crippen LogP contribution < -0.4 is 10.1 Å². The first-order valence-corrected chi connectivity index (χ1v) is 8.65. The van der Waals surface area contributed by atoms with Crippen molar-refractivity contribution in [3.63, 3.8) is 0 Å². The fourth-order valence-electron chi connectivity index (χ4n) is 2.35. The topological polar surface area (TPSA) is 84.9 Å². The number of hydrogen-bond acceptors (Lipinski definition) is 5. The molecule has 0 aromatic heterocycles. The fourth-order valence-corrected chi connectivity index (χ4v) is 2.35. The molecule has 0 aliphatic heterocycles. The zero-order valence-electron chi connectivity index (χ0n) is 15.2. The lowest BCUT2D eigenvalue weighted by Gasteiger charge is -2.14. The average molecular weight is 377 g/mol. The van der Waals surface area contributed by atoms with Gasteiger partial charge in [-0.25, -0.2) is 4.79 Å². The molecule has 0 heterocycles. The molecule has 0 saturated heterocycles. The Kier molecular flexibility index (Phi) is 5.91. The lowest BCUT2D eigenvalue weighted by atomic mass is 10.2. The number of para-hydroxylation sites is 1. The maximum Gasteiger partial charge on any atom is 0.338 e. The monoisotopic (exact) mass is 377 g/mol. The lowest BCUT2D eigenvalue weighted by molar-refractivity contribution is -0.123. The molecule has 0 aliphatic carbocycles. The van der Waals surface area contributed by atoms with Crippen molar-refractivity contribution >= 4 is 17.6 Å². The van der Waals surface area contributed by atoms with E-state index in [1.807, 2.05) is 30.3 Å². The first-order valence-electron chi connectivity index (χ1n) is 8.65.